The summed E-state index contributed by atoms with van der Waals surface area (Å²) in [6, 6.07) is 3.34. The minimum atomic E-state index is -0.391. The molecule has 5 heteroatoms. The third kappa shape index (κ3) is 3.53. The van der Waals surface area contributed by atoms with E-state index in [0.29, 0.717) is 18.9 Å². The molecule has 1 atom stereocenters. The highest BCUT2D eigenvalue weighted by molar-refractivity contribution is 5.94. The average molecular weight is 261 g/mol. The fourth-order valence-electron chi connectivity index (χ4n) is 2.25. The van der Waals surface area contributed by atoms with Gasteiger partial charge >= 0.3 is 0 Å². The van der Waals surface area contributed by atoms with Crippen molar-refractivity contribution in [1.82, 2.24) is 15.2 Å². The monoisotopic (exact) mass is 261 g/mol. The number of carbonyl (C=O) groups is 2. The molecular formula is C14H19N3O2. The van der Waals surface area contributed by atoms with E-state index in [9.17, 15) is 9.59 Å². The normalized spacial score (nSPS) is 19.7. The van der Waals surface area contributed by atoms with Crippen LogP contribution >= 0.6 is 0 Å². The lowest BCUT2D eigenvalue weighted by molar-refractivity contribution is -0.145. The molecule has 1 saturated heterocycles. The molecule has 1 fully saturated rings. The zero-order valence-electron chi connectivity index (χ0n) is 11.3. The second-order valence-corrected chi connectivity index (χ2v) is 5.31. The van der Waals surface area contributed by atoms with E-state index in [2.05, 4.69) is 10.3 Å². The number of amides is 2. The third-order valence-corrected chi connectivity index (χ3v) is 3.08. The van der Waals surface area contributed by atoms with Crippen LogP contribution in [0.15, 0.2) is 24.5 Å². The maximum absolute atomic E-state index is 12.3. The first kappa shape index (κ1) is 13.5. The number of hydrogen-bond acceptors (Lipinski definition) is 3. The van der Waals surface area contributed by atoms with Crippen LogP contribution in [0.3, 0.4) is 0 Å². The Morgan fingerprint density at radius 3 is 2.89 bits per heavy atom. The zero-order chi connectivity index (χ0) is 13.8. The molecule has 2 rings (SSSR count). The first-order chi connectivity index (χ1) is 9.06. The average Bonchev–Trinajstić information content (AvgIpc) is 2.35. The molecular weight excluding hydrogens is 242 g/mol. The van der Waals surface area contributed by atoms with Gasteiger partial charge in [-0.15, -0.1) is 0 Å². The van der Waals surface area contributed by atoms with E-state index in [-0.39, 0.29) is 18.4 Å². The van der Waals surface area contributed by atoms with E-state index >= 15 is 0 Å². The van der Waals surface area contributed by atoms with Gasteiger partial charge in [-0.3, -0.25) is 14.6 Å². The molecule has 5 nitrogen and oxygen atoms in total. The lowest BCUT2D eigenvalue weighted by Crippen LogP contribution is -2.57. The molecule has 0 spiro atoms. The summed E-state index contributed by atoms with van der Waals surface area (Å²) in [7, 11) is 0. The number of rotatable bonds is 4. The van der Waals surface area contributed by atoms with E-state index in [0.717, 1.165) is 5.56 Å². The summed E-state index contributed by atoms with van der Waals surface area (Å²) in [6.07, 6.45) is 4.08. The van der Waals surface area contributed by atoms with Gasteiger partial charge in [-0.2, -0.15) is 0 Å². The Kier molecular flexibility index (Phi) is 4.14. The van der Waals surface area contributed by atoms with Crippen molar-refractivity contribution in [2.75, 3.05) is 6.54 Å². The molecule has 1 N–H and O–H groups in total. The van der Waals surface area contributed by atoms with Crippen LogP contribution in [0.2, 0.25) is 0 Å². The Balaban J connectivity index is 2.07. The molecule has 0 bridgehead atoms. The Hall–Kier alpha value is -1.91. The second kappa shape index (κ2) is 5.82. The van der Waals surface area contributed by atoms with Crippen molar-refractivity contribution in [1.29, 1.82) is 0 Å². The number of pyridine rings is 1. The van der Waals surface area contributed by atoms with Gasteiger partial charge in [0.25, 0.3) is 0 Å². The summed E-state index contributed by atoms with van der Waals surface area (Å²) in [6.45, 7) is 4.65. The van der Waals surface area contributed by atoms with Crippen molar-refractivity contribution in [3.63, 3.8) is 0 Å². The van der Waals surface area contributed by atoms with Gasteiger partial charge in [0.15, 0.2) is 0 Å². The summed E-state index contributed by atoms with van der Waals surface area (Å²) in [5.74, 6) is 0.277. The SMILES string of the molecule is CC(C)CC1NC(=O)CN(Cc2cccnc2)C1=O. The minimum absolute atomic E-state index is 0.00264. The Morgan fingerprint density at radius 2 is 2.26 bits per heavy atom. The zero-order valence-corrected chi connectivity index (χ0v) is 11.3. The summed E-state index contributed by atoms with van der Waals surface area (Å²) >= 11 is 0. The molecule has 19 heavy (non-hydrogen) atoms. The van der Waals surface area contributed by atoms with Gasteiger partial charge in [0.2, 0.25) is 11.8 Å². The predicted octanol–water partition coefficient (Wildman–Crippen LogP) is 0.955. The van der Waals surface area contributed by atoms with Crippen LogP contribution in [0.1, 0.15) is 25.8 Å². The molecule has 0 radical (unpaired) electrons. The van der Waals surface area contributed by atoms with Gasteiger partial charge in [0, 0.05) is 18.9 Å². The highest BCUT2D eigenvalue weighted by Crippen LogP contribution is 2.14. The number of hydrogen-bond donors (Lipinski definition) is 1. The van der Waals surface area contributed by atoms with Crippen LogP contribution in [0, 0.1) is 5.92 Å². The molecule has 1 unspecified atom stereocenters. The van der Waals surface area contributed by atoms with Crippen LogP contribution in [-0.2, 0) is 16.1 Å². The van der Waals surface area contributed by atoms with Gasteiger partial charge in [0.05, 0.1) is 6.54 Å². The summed E-state index contributed by atoms with van der Waals surface area (Å²) in [4.78, 5) is 29.6. The van der Waals surface area contributed by atoms with E-state index in [4.69, 9.17) is 0 Å². The van der Waals surface area contributed by atoms with Crippen molar-refractivity contribution >= 4 is 11.8 Å². The molecule has 1 aliphatic rings. The van der Waals surface area contributed by atoms with Gasteiger partial charge in [-0.1, -0.05) is 19.9 Å². The van der Waals surface area contributed by atoms with E-state index in [1.807, 2.05) is 26.0 Å². The minimum Gasteiger partial charge on any atom is -0.343 e. The van der Waals surface area contributed by atoms with Crippen LogP contribution < -0.4 is 5.32 Å². The Bertz CT molecular complexity index is 459. The molecule has 102 valence electrons. The molecule has 1 aromatic heterocycles. The lowest BCUT2D eigenvalue weighted by atomic mass is 10.0. The van der Waals surface area contributed by atoms with E-state index < -0.39 is 6.04 Å². The number of piperazine rings is 1. The largest absolute Gasteiger partial charge is 0.343 e. The molecule has 1 aromatic rings. The Morgan fingerprint density at radius 1 is 1.47 bits per heavy atom. The van der Waals surface area contributed by atoms with E-state index in [1.54, 1.807) is 17.3 Å². The van der Waals surface area contributed by atoms with Crippen LogP contribution in [0.5, 0.6) is 0 Å². The summed E-state index contributed by atoms with van der Waals surface area (Å²) in [5.41, 5.74) is 0.939. The maximum atomic E-state index is 12.3. The third-order valence-electron chi connectivity index (χ3n) is 3.08. The van der Waals surface area contributed by atoms with Crippen LogP contribution in [0.25, 0.3) is 0 Å². The highest BCUT2D eigenvalue weighted by atomic mass is 16.2. The van der Waals surface area contributed by atoms with Crippen LogP contribution in [-0.4, -0.2) is 34.3 Å². The predicted molar refractivity (Wildman–Crippen MR) is 71.0 cm³/mol. The number of nitrogens with one attached hydrogen (secondary N) is 1. The number of nitrogens with zero attached hydrogens (tertiary/aromatic N) is 2. The summed E-state index contributed by atoms with van der Waals surface area (Å²) < 4.78 is 0. The van der Waals surface area contributed by atoms with Gasteiger partial charge in [0.1, 0.15) is 6.04 Å². The topological polar surface area (TPSA) is 62.3 Å². The van der Waals surface area contributed by atoms with Crippen LogP contribution in [0.4, 0.5) is 0 Å². The molecule has 1 aliphatic heterocycles. The van der Waals surface area contributed by atoms with Gasteiger partial charge in [-0.05, 0) is 24.0 Å². The smallest absolute Gasteiger partial charge is 0.245 e. The number of aromatic nitrogens is 1. The van der Waals surface area contributed by atoms with Crippen molar-refractivity contribution in [3.05, 3.63) is 30.1 Å². The quantitative estimate of drug-likeness (QED) is 0.878. The Labute approximate surface area is 113 Å². The van der Waals surface area contributed by atoms with Gasteiger partial charge < -0.3 is 10.2 Å². The second-order valence-electron chi connectivity index (χ2n) is 5.31. The maximum Gasteiger partial charge on any atom is 0.245 e. The molecule has 2 heterocycles. The van der Waals surface area contributed by atoms with Crippen molar-refractivity contribution in [2.45, 2.75) is 32.9 Å². The fourth-order valence-corrected chi connectivity index (χ4v) is 2.25. The molecule has 0 saturated carbocycles. The highest BCUT2D eigenvalue weighted by Gasteiger charge is 2.32. The number of carbonyl (C=O) groups excluding carboxylic acids is 2. The standard InChI is InChI=1S/C14H19N3O2/c1-10(2)6-12-14(19)17(9-13(18)16-12)8-11-4-3-5-15-7-11/h3-5,7,10,12H,6,8-9H2,1-2H3,(H,16,18). The summed E-state index contributed by atoms with van der Waals surface area (Å²) in [5, 5.41) is 2.77. The first-order valence-electron chi connectivity index (χ1n) is 6.53. The van der Waals surface area contributed by atoms with Crippen molar-refractivity contribution in [3.8, 4) is 0 Å². The van der Waals surface area contributed by atoms with E-state index in [1.165, 1.54) is 0 Å². The fraction of sp³-hybridized carbons (Fsp3) is 0.500. The molecule has 0 aromatic carbocycles. The first-order valence-corrected chi connectivity index (χ1v) is 6.53. The van der Waals surface area contributed by atoms with Crippen molar-refractivity contribution < 1.29 is 9.59 Å². The molecule has 2 amide bonds. The lowest BCUT2D eigenvalue weighted by Gasteiger charge is -2.33. The van der Waals surface area contributed by atoms with Gasteiger partial charge in [-0.25, -0.2) is 0 Å². The molecule has 0 aliphatic carbocycles. The van der Waals surface area contributed by atoms with Crippen molar-refractivity contribution in [2.24, 2.45) is 5.92 Å².